The summed E-state index contributed by atoms with van der Waals surface area (Å²) in [4.78, 5) is 4.11. The highest BCUT2D eigenvalue weighted by Crippen LogP contribution is 2.36. The van der Waals surface area contributed by atoms with Crippen LogP contribution in [0.1, 0.15) is 0 Å². The second kappa shape index (κ2) is 4.40. The van der Waals surface area contributed by atoms with Crippen molar-refractivity contribution in [3.8, 4) is 11.3 Å². The molecule has 0 bridgehead atoms. The van der Waals surface area contributed by atoms with Crippen molar-refractivity contribution in [3.63, 3.8) is 0 Å². The van der Waals surface area contributed by atoms with E-state index in [0.29, 0.717) is 26.3 Å². The molecule has 4 heteroatoms. The van der Waals surface area contributed by atoms with Gasteiger partial charge in [-0.2, -0.15) is 0 Å². The Balaban J connectivity index is 2.69. The van der Waals surface area contributed by atoms with Crippen molar-refractivity contribution in [1.29, 1.82) is 0 Å². The molecule has 1 radical (unpaired) electrons. The molecule has 75 valence electrons. The molecule has 0 unspecified atom stereocenters. The summed E-state index contributed by atoms with van der Waals surface area (Å²) >= 11 is 18.1. The normalized spacial score (nSPS) is 10.3. The third-order valence-corrected chi connectivity index (χ3v) is 2.82. The van der Waals surface area contributed by atoms with Crippen LogP contribution in [0.15, 0.2) is 30.5 Å². The van der Waals surface area contributed by atoms with Gasteiger partial charge >= 0.3 is 0 Å². The molecular formula is C11H5Cl3N. The Hall–Kier alpha value is -0.760. The number of aromatic nitrogens is 1. The van der Waals surface area contributed by atoms with Gasteiger partial charge in [-0.25, -0.2) is 0 Å². The average Bonchev–Trinajstić information content (AvgIpc) is 2.20. The van der Waals surface area contributed by atoms with Crippen LogP contribution in [0.4, 0.5) is 0 Å². The Morgan fingerprint density at radius 3 is 2.27 bits per heavy atom. The molecule has 0 aliphatic carbocycles. The first-order valence-corrected chi connectivity index (χ1v) is 5.29. The van der Waals surface area contributed by atoms with E-state index in [-0.39, 0.29) is 0 Å². The zero-order valence-electron chi connectivity index (χ0n) is 7.47. The van der Waals surface area contributed by atoms with Gasteiger partial charge in [0.15, 0.2) is 0 Å². The molecular weight excluding hydrogens is 252 g/mol. The van der Waals surface area contributed by atoms with Crippen LogP contribution in [-0.2, 0) is 0 Å². The van der Waals surface area contributed by atoms with Gasteiger partial charge in [-0.05, 0) is 18.2 Å². The molecule has 2 rings (SSSR count). The summed E-state index contributed by atoms with van der Waals surface area (Å²) in [5, 5.41) is 1.54. The smallest absolute Gasteiger partial charge is 0.0918 e. The van der Waals surface area contributed by atoms with E-state index >= 15 is 0 Å². The number of pyridine rings is 1. The third kappa shape index (κ3) is 2.10. The number of hydrogen-bond donors (Lipinski definition) is 0. The van der Waals surface area contributed by atoms with E-state index < -0.39 is 0 Å². The summed E-state index contributed by atoms with van der Waals surface area (Å²) in [5.74, 6) is 0. The monoisotopic (exact) mass is 256 g/mol. The van der Waals surface area contributed by atoms with Crippen LogP contribution in [-0.4, -0.2) is 4.98 Å². The van der Waals surface area contributed by atoms with Crippen LogP contribution >= 0.6 is 34.8 Å². The highest BCUT2D eigenvalue weighted by Gasteiger charge is 2.12. The standard InChI is InChI=1S/C11H5Cl3N/c12-7-3-1-4-8(13)10(7)11-9(14)5-2-6-15-11/h1,3-6H. The molecule has 1 heterocycles. The van der Waals surface area contributed by atoms with Gasteiger partial charge in [0, 0.05) is 17.8 Å². The first-order valence-electron chi connectivity index (χ1n) is 4.16. The third-order valence-electron chi connectivity index (χ3n) is 1.90. The highest BCUT2D eigenvalue weighted by molar-refractivity contribution is 6.40. The summed E-state index contributed by atoms with van der Waals surface area (Å²) < 4.78 is 0. The maximum atomic E-state index is 6.04. The predicted octanol–water partition coefficient (Wildman–Crippen LogP) is 4.51. The Morgan fingerprint density at radius 1 is 1.00 bits per heavy atom. The Labute approximate surface area is 103 Å². The topological polar surface area (TPSA) is 12.9 Å². The van der Waals surface area contributed by atoms with Crippen molar-refractivity contribution in [2.45, 2.75) is 0 Å². The van der Waals surface area contributed by atoms with Crippen molar-refractivity contribution in [3.05, 3.63) is 51.6 Å². The molecule has 1 aromatic heterocycles. The minimum Gasteiger partial charge on any atom is -0.254 e. The lowest BCUT2D eigenvalue weighted by Gasteiger charge is -2.07. The number of nitrogens with zero attached hydrogens (tertiary/aromatic N) is 1. The van der Waals surface area contributed by atoms with E-state index in [1.165, 1.54) is 6.20 Å². The van der Waals surface area contributed by atoms with Gasteiger partial charge in [0.2, 0.25) is 0 Å². The van der Waals surface area contributed by atoms with E-state index in [1.807, 2.05) is 0 Å². The summed E-state index contributed by atoms with van der Waals surface area (Å²) in [5.41, 5.74) is 1.23. The van der Waals surface area contributed by atoms with Gasteiger partial charge in [0.1, 0.15) is 0 Å². The number of rotatable bonds is 1. The molecule has 1 aromatic carbocycles. The highest BCUT2D eigenvalue weighted by atomic mass is 35.5. The number of hydrogen-bond acceptors (Lipinski definition) is 1. The average molecular weight is 258 g/mol. The summed E-state index contributed by atoms with van der Waals surface area (Å²) in [6, 6.07) is 9.68. The predicted molar refractivity (Wildman–Crippen MR) is 63.5 cm³/mol. The molecule has 0 atom stereocenters. The van der Waals surface area contributed by atoms with Crippen molar-refractivity contribution in [2.75, 3.05) is 0 Å². The van der Waals surface area contributed by atoms with Gasteiger partial charge in [-0.15, -0.1) is 0 Å². The van der Waals surface area contributed by atoms with E-state index in [2.05, 4.69) is 11.1 Å². The molecule has 0 saturated heterocycles. The van der Waals surface area contributed by atoms with Gasteiger partial charge in [0.05, 0.1) is 20.8 Å². The molecule has 0 amide bonds. The van der Waals surface area contributed by atoms with Gasteiger partial charge in [-0.1, -0.05) is 40.9 Å². The van der Waals surface area contributed by atoms with Crippen molar-refractivity contribution < 1.29 is 0 Å². The first-order chi connectivity index (χ1) is 7.20. The van der Waals surface area contributed by atoms with Gasteiger partial charge < -0.3 is 0 Å². The van der Waals surface area contributed by atoms with Crippen LogP contribution in [0.3, 0.4) is 0 Å². The fourth-order valence-corrected chi connectivity index (χ4v) is 2.03. The molecule has 0 aliphatic heterocycles. The van der Waals surface area contributed by atoms with Crippen LogP contribution in [0.5, 0.6) is 0 Å². The summed E-state index contributed by atoms with van der Waals surface area (Å²) in [6.07, 6.45) is 1.53. The fourth-order valence-electron chi connectivity index (χ4n) is 1.25. The lowest BCUT2D eigenvalue weighted by Crippen LogP contribution is -1.86. The van der Waals surface area contributed by atoms with E-state index in [0.717, 1.165) is 0 Å². The number of halogens is 3. The van der Waals surface area contributed by atoms with Crippen molar-refractivity contribution in [1.82, 2.24) is 4.98 Å². The Bertz CT molecular complexity index is 477. The molecule has 0 saturated carbocycles. The van der Waals surface area contributed by atoms with E-state index in [4.69, 9.17) is 34.8 Å². The fraction of sp³-hybridized carbons (Fsp3) is 0. The van der Waals surface area contributed by atoms with Gasteiger partial charge in [0.25, 0.3) is 0 Å². The molecule has 0 N–H and O–H groups in total. The zero-order chi connectivity index (χ0) is 10.8. The Kier molecular flexibility index (Phi) is 3.15. The molecule has 2 aromatic rings. The minimum absolute atomic E-state index is 0.479. The number of benzene rings is 1. The van der Waals surface area contributed by atoms with Crippen molar-refractivity contribution >= 4 is 34.8 Å². The SMILES string of the molecule is Clc1c[c]cnc1-c1c(Cl)cccc1Cl. The maximum absolute atomic E-state index is 6.04. The second-order valence-corrected chi connectivity index (χ2v) is 4.08. The van der Waals surface area contributed by atoms with Crippen LogP contribution in [0, 0.1) is 6.07 Å². The van der Waals surface area contributed by atoms with Crippen molar-refractivity contribution in [2.24, 2.45) is 0 Å². The van der Waals surface area contributed by atoms with E-state index in [1.54, 1.807) is 24.3 Å². The largest absolute Gasteiger partial charge is 0.254 e. The second-order valence-electron chi connectivity index (χ2n) is 2.86. The Morgan fingerprint density at radius 2 is 1.67 bits per heavy atom. The molecule has 0 spiro atoms. The summed E-state index contributed by atoms with van der Waals surface area (Å²) in [7, 11) is 0. The zero-order valence-corrected chi connectivity index (χ0v) is 9.74. The lowest BCUT2D eigenvalue weighted by molar-refractivity contribution is 1.32. The molecule has 0 fully saturated rings. The quantitative estimate of drug-likeness (QED) is 0.732. The molecule has 1 nitrogen and oxygen atoms in total. The van der Waals surface area contributed by atoms with Gasteiger partial charge in [-0.3, -0.25) is 4.98 Å². The maximum Gasteiger partial charge on any atom is 0.0918 e. The van der Waals surface area contributed by atoms with Crippen LogP contribution in [0.25, 0.3) is 11.3 Å². The lowest BCUT2D eigenvalue weighted by atomic mass is 10.1. The van der Waals surface area contributed by atoms with E-state index in [9.17, 15) is 0 Å². The first kappa shape index (κ1) is 10.7. The molecule has 0 aliphatic rings. The van der Waals surface area contributed by atoms with Crippen LogP contribution in [0.2, 0.25) is 15.1 Å². The van der Waals surface area contributed by atoms with Crippen LogP contribution < -0.4 is 0 Å². The molecule has 15 heavy (non-hydrogen) atoms. The minimum atomic E-state index is 0.479. The summed E-state index contributed by atoms with van der Waals surface area (Å²) in [6.45, 7) is 0.